The van der Waals surface area contributed by atoms with E-state index in [1.54, 1.807) is 14.2 Å². The Balaban J connectivity index is 0. The van der Waals surface area contributed by atoms with Crippen molar-refractivity contribution >= 4 is 25.7 Å². The number of hydrogen-bond acceptors (Lipinski definition) is 3. The third-order valence-electron chi connectivity index (χ3n) is 0.864. The summed E-state index contributed by atoms with van der Waals surface area (Å²) in [5, 5.41) is 0. The minimum atomic E-state index is -2.06. The summed E-state index contributed by atoms with van der Waals surface area (Å²) in [6.45, 7) is 2.62. The van der Waals surface area contributed by atoms with Gasteiger partial charge in [-0.2, -0.15) is 0 Å². The van der Waals surface area contributed by atoms with Gasteiger partial charge in [-0.3, -0.25) is 0 Å². The molecular formula is C6H14Cl3O3Sc. The standard InChI is InChI=1S/C6H14O3.3ClH.Sc/c1-7-3-5-9-6-4-8-2;;;;/h3-6H2,1-2H3;3*1H;/q;;;;+3/p-3. The van der Waals surface area contributed by atoms with Crippen molar-refractivity contribution in [1.82, 2.24) is 0 Å². The van der Waals surface area contributed by atoms with Crippen LogP contribution in [0.3, 0.4) is 0 Å². The Morgan fingerprint density at radius 3 is 1.38 bits per heavy atom. The van der Waals surface area contributed by atoms with E-state index in [1.165, 1.54) is 0 Å². The number of rotatable bonds is 6. The van der Waals surface area contributed by atoms with Gasteiger partial charge in [0.15, 0.2) is 0 Å². The Morgan fingerprint density at radius 2 is 1.15 bits per heavy atom. The molecule has 0 aliphatic heterocycles. The summed E-state index contributed by atoms with van der Waals surface area (Å²) in [5.41, 5.74) is 0. The average molecular weight is 285 g/mol. The van der Waals surface area contributed by atoms with E-state index in [-0.39, 0.29) is 0 Å². The first-order valence-electron chi connectivity index (χ1n) is 3.63. The van der Waals surface area contributed by atoms with Crippen LogP contribution < -0.4 is 0 Å². The van der Waals surface area contributed by atoms with Crippen LogP contribution in [0.15, 0.2) is 0 Å². The second-order valence-corrected chi connectivity index (χ2v) is 10.8. The minimum absolute atomic E-state index is 0.653. The first-order valence-corrected chi connectivity index (χ1v) is 11.1. The van der Waals surface area contributed by atoms with E-state index >= 15 is 0 Å². The monoisotopic (exact) mass is 284 g/mol. The van der Waals surface area contributed by atoms with Crippen molar-refractivity contribution in [3.63, 3.8) is 0 Å². The fourth-order valence-corrected chi connectivity index (χ4v) is 0.387. The molecule has 0 radical (unpaired) electrons. The SMILES string of the molecule is COCCOCCOC.[Cl][Sc]([Cl])[Cl]. The molecule has 0 unspecified atom stereocenters. The molecule has 0 saturated heterocycles. The summed E-state index contributed by atoms with van der Waals surface area (Å²) in [7, 11) is 18.3. The fourth-order valence-electron chi connectivity index (χ4n) is 0.387. The van der Waals surface area contributed by atoms with Crippen molar-refractivity contribution < 1.29 is 32.1 Å². The zero-order chi connectivity index (χ0) is 10.5. The van der Waals surface area contributed by atoms with E-state index in [0.717, 1.165) is 0 Å². The maximum absolute atomic E-state index is 5.06. The van der Waals surface area contributed by atoms with E-state index < -0.39 is 17.9 Å². The summed E-state index contributed by atoms with van der Waals surface area (Å²) < 4.78 is 14.6. The second kappa shape index (κ2) is 16.1. The molecule has 0 aliphatic carbocycles. The van der Waals surface area contributed by atoms with Gasteiger partial charge in [0.25, 0.3) is 0 Å². The predicted octanol–water partition coefficient (Wildman–Crippen LogP) is 2.36. The average Bonchev–Trinajstić information content (AvgIpc) is 2.03. The Labute approximate surface area is 97.8 Å². The van der Waals surface area contributed by atoms with Gasteiger partial charge in [-0.05, 0) is 0 Å². The maximum atomic E-state index is 5.06. The Morgan fingerprint density at radius 1 is 0.846 bits per heavy atom. The summed E-state index contributed by atoms with van der Waals surface area (Å²) in [6.07, 6.45) is 0. The van der Waals surface area contributed by atoms with E-state index in [9.17, 15) is 0 Å². The molecule has 0 saturated carbocycles. The molecule has 0 aromatic rings. The van der Waals surface area contributed by atoms with Crippen LogP contribution in [0.4, 0.5) is 0 Å². The molecule has 0 bridgehead atoms. The van der Waals surface area contributed by atoms with Crippen molar-refractivity contribution in [2.24, 2.45) is 0 Å². The van der Waals surface area contributed by atoms with Crippen LogP contribution in [0, 0.1) is 0 Å². The van der Waals surface area contributed by atoms with Crippen LogP contribution in [-0.4, -0.2) is 40.6 Å². The fraction of sp³-hybridized carbons (Fsp3) is 1.00. The Bertz CT molecular complexity index is 78.8. The third-order valence-corrected chi connectivity index (χ3v) is 0.864. The first-order chi connectivity index (χ1) is 6.15. The van der Waals surface area contributed by atoms with E-state index in [2.05, 4.69) is 0 Å². The Kier molecular flexibility index (Phi) is 21.0. The molecule has 13 heavy (non-hydrogen) atoms. The van der Waals surface area contributed by atoms with Crippen LogP contribution in [-0.2, 0) is 32.1 Å². The normalized spacial score (nSPS) is 9.00. The van der Waals surface area contributed by atoms with Crippen molar-refractivity contribution in [1.29, 1.82) is 0 Å². The van der Waals surface area contributed by atoms with Gasteiger partial charge >= 0.3 is 43.6 Å². The number of methoxy groups -OCH3 is 2. The van der Waals surface area contributed by atoms with E-state index in [0.29, 0.717) is 26.4 Å². The van der Waals surface area contributed by atoms with Crippen LogP contribution >= 0.6 is 25.7 Å². The van der Waals surface area contributed by atoms with E-state index in [1.807, 2.05) is 0 Å². The molecule has 0 aliphatic rings. The molecule has 0 amide bonds. The van der Waals surface area contributed by atoms with Gasteiger partial charge in [-0.1, -0.05) is 0 Å². The van der Waals surface area contributed by atoms with Gasteiger partial charge in [0, 0.05) is 14.2 Å². The van der Waals surface area contributed by atoms with Crippen molar-refractivity contribution in [3.05, 3.63) is 0 Å². The molecule has 0 atom stereocenters. The molecule has 0 N–H and O–H groups in total. The predicted molar refractivity (Wildman–Crippen MR) is 52.1 cm³/mol. The number of hydrogen-bond donors (Lipinski definition) is 0. The summed E-state index contributed by atoms with van der Waals surface area (Å²) in [4.78, 5) is 0. The molecular weight excluding hydrogens is 271 g/mol. The molecule has 0 fully saturated rings. The molecule has 0 heterocycles. The van der Waals surface area contributed by atoms with Crippen LogP contribution in [0.5, 0.6) is 0 Å². The molecule has 3 nitrogen and oxygen atoms in total. The van der Waals surface area contributed by atoms with Crippen LogP contribution in [0.1, 0.15) is 0 Å². The van der Waals surface area contributed by atoms with Gasteiger partial charge in [0.1, 0.15) is 0 Å². The van der Waals surface area contributed by atoms with Crippen molar-refractivity contribution in [3.8, 4) is 0 Å². The summed E-state index contributed by atoms with van der Waals surface area (Å²) in [5.74, 6) is 0. The molecule has 80 valence electrons. The van der Waals surface area contributed by atoms with Crippen LogP contribution in [0.2, 0.25) is 0 Å². The van der Waals surface area contributed by atoms with Crippen molar-refractivity contribution in [2.45, 2.75) is 0 Å². The van der Waals surface area contributed by atoms with E-state index in [4.69, 9.17) is 39.9 Å². The quantitative estimate of drug-likeness (QED) is 0.701. The zero-order valence-electron chi connectivity index (χ0n) is 7.76. The van der Waals surface area contributed by atoms with Crippen molar-refractivity contribution in [2.75, 3.05) is 40.6 Å². The molecule has 7 heteroatoms. The topological polar surface area (TPSA) is 27.7 Å². The van der Waals surface area contributed by atoms with Gasteiger partial charge in [-0.25, -0.2) is 0 Å². The van der Waals surface area contributed by atoms with Gasteiger partial charge in [0.2, 0.25) is 0 Å². The van der Waals surface area contributed by atoms with Crippen LogP contribution in [0.25, 0.3) is 0 Å². The summed E-state index contributed by atoms with van der Waals surface area (Å²) in [6, 6.07) is 0. The molecule has 0 spiro atoms. The zero-order valence-corrected chi connectivity index (χ0v) is 11.8. The molecule has 0 aromatic heterocycles. The molecule has 0 aromatic carbocycles. The number of ether oxygens (including phenoxy) is 3. The third kappa shape index (κ3) is 31.7. The number of halogens is 3. The van der Waals surface area contributed by atoms with Gasteiger partial charge in [-0.15, -0.1) is 0 Å². The Hall–Kier alpha value is 1.62. The van der Waals surface area contributed by atoms with Gasteiger partial charge < -0.3 is 14.2 Å². The van der Waals surface area contributed by atoms with Gasteiger partial charge in [0.05, 0.1) is 26.4 Å². The second-order valence-electron chi connectivity index (χ2n) is 1.85. The first kappa shape index (κ1) is 17.0. The molecule has 0 rings (SSSR count). The summed E-state index contributed by atoms with van der Waals surface area (Å²) >= 11 is -2.06.